The summed E-state index contributed by atoms with van der Waals surface area (Å²) in [5.74, 6) is -0.0686. The van der Waals surface area contributed by atoms with Crippen LogP contribution in [0.2, 0.25) is 0 Å². The molecule has 0 aromatic carbocycles. The number of rotatable bonds is 4. The third-order valence-corrected chi connectivity index (χ3v) is 3.09. The predicted octanol–water partition coefficient (Wildman–Crippen LogP) is 0.522. The van der Waals surface area contributed by atoms with Gasteiger partial charge in [-0.3, -0.25) is 9.59 Å². The fourth-order valence-electron chi connectivity index (χ4n) is 2.12. The SMILES string of the molecule is CC(C)(C)C(=O)N1CCCC1C(=O)NCCCO. The molecule has 104 valence electrons. The van der Waals surface area contributed by atoms with Gasteiger partial charge in [0.05, 0.1) is 0 Å². The molecule has 0 bridgehead atoms. The minimum atomic E-state index is -0.450. The van der Waals surface area contributed by atoms with Crippen LogP contribution in [0.4, 0.5) is 0 Å². The lowest BCUT2D eigenvalue weighted by atomic mass is 9.94. The summed E-state index contributed by atoms with van der Waals surface area (Å²) in [7, 11) is 0. The Labute approximate surface area is 109 Å². The first kappa shape index (κ1) is 15.0. The van der Waals surface area contributed by atoms with E-state index in [0.29, 0.717) is 19.5 Å². The summed E-state index contributed by atoms with van der Waals surface area (Å²) in [6.45, 7) is 6.80. The number of aliphatic hydroxyl groups excluding tert-OH is 1. The Morgan fingerprint density at radius 1 is 1.39 bits per heavy atom. The molecule has 1 unspecified atom stereocenters. The highest BCUT2D eigenvalue weighted by molar-refractivity contribution is 5.90. The topological polar surface area (TPSA) is 69.6 Å². The number of nitrogens with zero attached hydrogens (tertiary/aromatic N) is 1. The van der Waals surface area contributed by atoms with Gasteiger partial charge in [0.25, 0.3) is 0 Å². The molecule has 5 nitrogen and oxygen atoms in total. The van der Waals surface area contributed by atoms with Crippen molar-refractivity contribution < 1.29 is 14.7 Å². The van der Waals surface area contributed by atoms with Gasteiger partial charge in [-0.05, 0) is 19.3 Å². The van der Waals surface area contributed by atoms with Crippen LogP contribution in [0.5, 0.6) is 0 Å². The molecule has 2 amide bonds. The summed E-state index contributed by atoms with van der Waals surface area (Å²) in [5, 5.41) is 11.4. The average Bonchev–Trinajstić information content (AvgIpc) is 2.75. The van der Waals surface area contributed by atoms with Gasteiger partial charge in [0.15, 0.2) is 0 Å². The standard InChI is InChI=1S/C13H24N2O3/c1-13(2,3)12(18)15-8-4-6-10(15)11(17)14-7-5-9-16/h10,16H,4-9H2,1-3H3,(H,14,17). The molecule has 2 N–H and O–H groups in total. The van der Waals surface area contributed by atoms with Crippen LogP contribution in [-0.4, -0.2) is 47.6 Å². The van der Waals surface area contributed by atoms with Gasteiger partial charge in [-0.2, -0.15) is 0 Å². The molecule has 0 saturated carbocycles. The number of hydrogen-bond acceptors (Lipinski definition) is 3. The Bertz CT molecular complexity index is 310. The van der Waals surface area contributed by atoms with Crippen LogP contribution in [-0.2, 0) is 9.59 Å². The van der Waals surface area contributed by atoms with Gasteiger partial charge < -0.3 is 15.3 Å². The zero-order valence-corrected chi connectivity index (χ0v) is 11.5. The molecular formula is C13H24N2O3. The summed E-state index contributed by atoms with van der Waals surface area (Å²) in [6, 6.07) is -0.338. The van der Waals surface area contributed by atoms with E-state index >= 15 is 0 Å². The summed E-state index contributed by atoms with van der Waals surface area (Å²) in [6.07, 6.45) is 2.15. The monoisotopic (exact) mass is 256 g/mol. The van der Waals surface area contributed by atoms with Crippen LogP contribution in [0.25, 0.3) is 0 Å². The average molecular weight is 256 g/mol. The number of amides is 2. The van der Waals surface area contributed by atoms with Crippen LogP contribution in [0.15, 0.2) is 0 Å². The molecule has 1 heterocycles. The van der Waals surface area contributed by atoms with E-state index in [-0.39, 0.29) is 24.5 Å². The van der Waals surface area contributed by atoms with E-state index in [1.807, 2.05) is 20.8 Å². The third-order valence-electron chi connectivity index (χ3n) is 3.09. The van der Waals surface area contributed by atoms with Crippen molar-refractivity contribution >= 4 is 11.8 Å². The van der Waals surface area contributed by atoms with Gasteiger partial charge in [0.2, 0.25) is 11.8 Å². The molecule has 1 aliphatic rings. The molecule has 1 fully saturated rings. The van der Waals surface area contributed by atoms with Crippen LogP contribution < -0.4 is 5.32 Å². The molecule has 1 saturated heterocycles. The van der Waals surface area contributed by atoms with E-state index in [9.17, 15) is 9.59 Å². The molecular weight excluding hydrogens is 232 g/mol. The largest absolute Gasteiger partial charge is 0.396 e. The van der Waals surface area contributed by atoms with Gasteiger partial charge in [0, 0.05) is 25.1 Å². The van der Waals surface area contributed by atoms with Crippen molar-refractivity contribution in [3.8, 4) is 0 Å². The Kier molecular flexibility index (Phi) is 5.14. The second kappa shape index (κ2) is 6.18. The molecule has 0 aromatic rings. The predicted molar refractivity (Wildman–Crippen MR) is 68.9 cm³/mol. The van der Waals surface area contributed by atoms with Gasteiger partial charge in [-0.1, -0.05) is 20.8 Å². The molecule has 0 aliphatic carbocycles. The molecule has 0 radical (unpaired) electrons. The zero-order valence-electron chi connectivity index (χ0n) is 11.5. The number of carbonyl (C=O) groups is 2. The van der Waals surface area contributed by atoms with Gasteiger partial charge >= 0.3 is 0 Å². The fraction of sp³-hybridized carbons (Fsp3) is 0.846. The highest BCUT2D eigenvalue weighted by Crippen LogP contribution is 2.25. The lowest BCUT2D eigenvalue weighted by molar-refractivity contribution is -0.144. The normalized spacial score (nSPS) is 20.0. The van der Waals surface area contributed by atoms with Crippen molar-refractivity contribution in [2.24, 2.45) is 5.41 Å². The fourth-order valence-corrected chi connectivity index (χ4v) is 2.12. The second-order valence-electron chi connectivity index (χ2n) is 5.77. The minimum Gasteiger partial charge on any atom is -0.396 e. The quantitative estimate of drug-likeness (QED) is 0.721. The number of aliphatic hydroxyl groups is 1. The van der Waals surface area contributed by atoms with Crippen molar-refractivity contribution in [1.29, 1.82) is 0 Å². The van der Waals surface area contributed by atoms with Gasteiger partial charge in [-0.25, -0.2) is 0 Å². The van der Waals surface area contributed by atoms with Crippen LogP contribution in [0, 0.1) is 5.41 Å². The lowest BCUT2D eigenvalue weighted by Crippen LogP contribution is -2.49. The molecule has 0 spiro atoms. The maximum absolute atomic E-state index is 12.2. The van der Waals surface area contributed by atoms with Crippen LogP contribution >= 0.6 is 0 Å². The van der Waals surface area contributed by atoms with E-state index < -0.39 is 5.41 Å². The van der Waals surface area contributed by atoms with Crippen molar-refractivity contribution in [2.45, 2.75) is 46.1 Å². The van der Waals surface area contributed by atoms with E-state index in [1.54, 1.807) is 4.90 Å². The highest BCUT2D eigenvalue weighted by Gasteiger charge is 2.38. The molecule has 1 rings (SSSR count). The van der Waals surface area contributed by atoms with Crippen molar-refractivity contribution in [3.63, 3.8) is 0 Å². The van der Waals surface area contributed by atoms with Crippen LogP contribution in [0.1, 0.15) is 40.0 Å². The molecule has 1 aliphatic heterocycles. The summed E-state index contributed by atoms with van der Waals surface area (Å²) >= 11 is 0. The zero-order chi connectivity index (χ0) is 13.8. The molecule has 1 atom stereocenters. The van der Waals surface area contributed by atoms with Crippen molar-refractivity contribution in [1.82, 2.24) is 10.2 Å². The molecule has 5 heteroatoms. The maximum Gasteiger partial charge on any atom is 0.242 e. The first-order valence-electron chi connectivity index (χ1n) is 6.57. The van der Waals surface area contributed by atoms with E-state index in [4.69, 9.17) is 5.11 Å². The van der Waals surface area contributed by atoms with Crippen LogP contribution in [0.3, 0.4) is 0 Å². The molecule has 18 heavy (non-hydrogen) atoms. The highest BCUT2D eigenvalue weighted by atomic mass is 16.3. The number of likely N-dealkylation sites (tertiary alicyclic amines) is 1. The summed E-state index contributed by atoms with van der Waals surface area (Å²) < 4.78 is 0. The summed E-state index contributed by atoms with van der Waals surface area (Å²) in [5.41, 5.74) is -0.450. The molecule has 0 aromatic heterocycles. The Hall–Kier alpha value is -1.10. The van der Waals surface area contributed by atoms with Crippen molar-refractivity contribution in [2.75, 3.05) is 19.7 Å². The minimum absolute atomic E-state index is 0.0299. The second-order valence-corrected chi connectivity index (χ2v) is 5.77. The smallest absolute Gasteiger partial charge is 0.242 e. The Morgan fingerprint density at radius 3 is 2.61 bits per heavy atom. The number of carbonyl (C=O) groups excluding carboxylic acids is 2. The first-order valence-corrected chi connectivity index (χ1v) is 6.57. The van der Waals surface area contributed by atoms with Crippen molar-refractivity contribution in [3.05, 3.63) is 0 Å². The van der Waals surface area contributed by atoms with E-state index in [1.165, 1.54) is 0 Å². The Balaban J connectivity index is 2.59. The van der Waals surface area contributed by atoms with E-state index in [0.717, 1.165) is 12.8 Å². The Morgan fingerprint density at radius 2 is 2.06 bits per heavy atom. The third kappa shape index (κ3) is 3.70. The maximum atomic E-state index is 12.2. The number of hydrogen-bond donors (Lipinski definition) is 2. The van der Waals surface area contributed by atoms with Gasteiger partial charge in [0.1, 0.15) is 6.04 Å². The van der Waals surface area contributed by atoms with E-state index in [2.05, 4.69) is 5.32 Å². The lowest BCUT2D eigenvalue weighted by Gasteiger charge is -2.30. The first-order chi connectivity index (χ1) is 8.38. The number of nitrogens with one attached hydrogen (secondary N) is 1. The van der Waals surface area contributed by atoms with Gasteiger partial charge in [-0.15, -0.1) is 0 Å². The summed E-state index contributed by atoms with van der Waals surface area (Å²) in [4.78, 5) is 25.9.